The number of carbonyl (C=O) groups excluding carboxylic acids is 1. The van der Waals surface area contributed by atoms with Gasteiger partial charge in [-0.15, -0.1) is 0 Å². The third-order valence-corrected chi connectivity index (χ3v) is 4.08. The number of hydrogen-bond acceptors (Lipinski definition) is 3. The number of alkyl halides is 3. The fourth-order valence-corrected chi connectivity index (χ4v) is 2.61. The Morgan fingerprint density at radius 1 is 1.07 bits per heavy atom. The lowest BCUT2D eigenvalue weighted by molar-refractivity contribution is -0.136. The summed E-state index contributed by atoms with van der Waals surface area (Å²) >= 11 is 0. The van der Waals surface area contributed by atoms with E-state index in [1.807, 2.05) is 32.0 Å². The Labute approximate surface area is 159 Å². The van der Waals surface area contributed by atoms with Gasteiger partial charge in [0, 0.05) is 0 Å². The minimum atomic E-state index is -4.57. The summed E-state index contributed by atoms with van der Waals surface area (Å²) in [6.45, 7) is 3.95. The predicted octanol–water partition coefficient (Wildman–Crippen LogP) is 5.75. The summed E-state index contributed by atoms with van der Waals surface area (Å²) in [6, 6.07) is 13.5. The summed E-state index contributed by atoms with van der Waals surface area (Å²) in [6.07, 6.45) is -4.57. The normalized spacial score (nSPS) is 11.3. The van der Waals surface area contributed by atoms with Gasteiger partial charge in [0.25, 0.3) is 5.91 Å². The second-order valence-electron chi connectivity index (χ2n) is 6.32. The number of carbonyl (C=O) groups is 1. The molecule has 0 bridgehead atoms. The minimum absolute atomic E-state index is 0.0940. The van der Waals surface area contributed by atoms with Crippen molar-refractivity contribution in [3.63, 3.8) is 0 Å². The lowest BCUT2D eigenvalue weighted by atomic mass is 10.1. The molecular weight excluding hydrogens is 371 g/mol. The number of hydrogen-bond donors (Lipinski definition) is 1. The van der Waals surface area contributed by atoms with E-state index in [9.17, 15) is 18.0 Å². The number of furan rings is 1. The molecule has 0 atom stereocenters. The number of benzene rings is 2. The molecule has 0 spiro atoms. The molecule has 3 aromatic rings. The molecule has 0 aliphatic rings. The van der Waals surface area contributed by atoms with Gasteiger partial charge < -0.3 is 14.5 Å². The van der Waals surface area contributed by atoms with Crippen molar-refractivity contribution < 1.29 is 27.1 Å². The van der Waals surface area contributed by atoms with E-state index in [4.69, 9.17) is 9.15 Å². The highest BCUT2D eigenvalue weighted by atomic mass is 19.4. The first kappa shape index (κ1) is 19.5. The third kappa shape index (κ3) is 4.54. The van der Waals surface area contributed by atoms with Crippen molar-refractivity contribution in [1.82, 2.24) is 0 Å². The highest BCUT2D eigenvalue weighted by molar-refractivity contribution is 6.02. The quantitative estimate of drug-likeness (QED) is 0.605. The molecule has 2 aromatic carbocycles. The van der Waals surface area contributed by atoms with Crippen molar-refractivity contribution in [2.45, 2.75) is 26.6 Å². The number of para-hydroxylation sites is 1. The van der Waals surface area contributed by atoms with Crippen molar-refractivity contribution >= 4 is 11.6 Å². The van der Waals surface area contributed by atoms with Crippen LogP contribution in [-0.2, 0) is 12.8 Å². The van der Waals surface area contributed by atoms with Crippen LogP contribution in [0.5, 0.6) is 5.75 Å². The maximum atomic E-state index is 13.0. The zero-order valence-corrected chi connectivity index (χ0v) is 15.3. The fourth-order valence-electron chi connectivity index (χ4n) is 2.61. The first-order valence-corrected chi connectivity index (χ1v) is 8.50. The summed E-state index contributed by atoms with van der Waals surface area (Å²) < 4.78 is 50.2. The molecule has 0 aliphatic carbocycles. The lowest BCUT2D eigenvalue weighted by Gasteiger charge is -2.12. The van der Waals surface area contributed by atoms with Gasteiger partial charge in [-0.3, -0.25) is 4.79 Å². The molecule has 0 aliphatic heterocycles. The van der Waals surface area contributed by atoms with Crippen molar-refractivity contribution in [1.29, 1.82) is 0 Å². The molecule has 1 aromatic heterocycles. The average molecular weight is 389 g/mol. The molecule has 28 heavy (non-hydrogen) atoms. The summed E-state index contributed by atoms with van der Waals surface area (Å²) in [5, 5.41) is 2.24. The van der Waals surface area contributed by atoms with Crippen LogP contribution in [0.4, 0.5) is 18.9 Å². The molecule has 1 heterocycles. The average Bonchev–Trinajstić information content (AvgIpc) is 3.11. The van der Waals surface area contributed by atoms with Crippen LogP contribution in [0.3, 0.4) is 0 Å². The van der Waals surface area contributed by atoms with Crippen LogP contribution in [-0.4, -0.2) is 5.91 Å². The Morgan fingerprint density at radius 3 is 2.57 bits per heavy atom. The molecule has 4 nitrogen and oxygen atoms in total. The monoisotopic (exact) mass is 389 g/mol. The van der Waals surface area contributed by atoms with E-state index in [2.05, 4.69) is 5.32 Å². The van der Waals surface area contributed by atoms with Gasteiger partial charge in [0.2, 0.25) is 0 Å². The molecule has 0 saturated carbocycles. The van der Waals surface area contributed by atoms with E-state index >= 15 is 0 Å². The van der Waals surface area contributed by atoms with Gasteiger partial charge in [-0.2, -0.15) is 13.2 Å². The van der Waals surface area contributed by atoms with E-state index in [-0.39, 0.29) is 18.1 Å². The standard InChI is InChI=1S/C21H18F3NO3/c1-13-7-8-14(2)19(11-13)27-12-15-9-10-18(28-15)20(26)25-17-6-4-3-5-16(17)21(22,23)24/h3-11H,12H2,1-2H3,(H,25,26). The first-order valence-electron chi connectivity index (χ1n) is 8.50. The molecule has 146 valence electrons. The molecule has 0 saturated heterocycles. The van der Waals surface area contributed by atoms with E-state index < -0.39 is 17.6 Å². The Morgan fingerprint density at radius 2 is 1.82 bits per heavy atom. The van der Waals surface area contributed by atoms with Crippen molar-refractivity contribution in [2.24, 2.45) is 0 Å². The molecule has 0 radical (unpaired) electrons. The summed E-state index contributed by atoms with van der Waals surface area (Å²) in [4.78, 5) is 12.3. The second kappa shape index (κ2) is 7.80. The van der Waals surface area contributed by atoms with Crippen LogP contribution in [0.1, 0.15) is 33.0 Å². The molecule has 0 unspecified atom stereocenters. The van der Waals surface area contributed by atoms with E-state index in [1.165, 1.54) is 24.3 Å². The minimum Gasteiger partial charge on any atom is -0.485 e. The second-order valence-corrected chi connectivity index (χ2v) is 6.32. The largest absolute Gasteiger partial charge is 0.485 e. The van der Waals surface area contributed by atoms with E-state index in [0.717, 1.165) is 17.2 Å². The highest BCUT2D eigenvalue weighted by Gasteiger charge is 2.33. The van der Waals surface area contributed by atoms with Crippen LogP contribution in [0, 0.1) is 13.8 Å². The van der Waals surface area contributed by atoms with Crippen LogP contribution >= 0.6 is 0 Å². The topological polar surface area (TPSA) is 51.5 Å². The van der Waals surface area contributed by atoms with Crippen molar-refractivity contribution in [3.8, 4) is 5.75 Å². The van der Waals surface area contributed by atoms with E-state index in [1.54, 1.807) is 6.07 Å². The maximum Gasteiger partial charge on any atom is 0.418 e. The Bertz CT molecular complexity index is 993. The number of nitrogens with one attached hydrogen (secondary N) is 1. The Hall–Kier alpha value is -3.22. The zero-order valence-electron chi connectivity index (χ0n) is 15.3. The molecular formula is C21H18F3NO3. The molecule has 1 amide bonds. The number of ether oxygens (including phenoxy) is 1. The van der Waals surface area contributed by atoms with Crippen LogP contribution < -0.4 is 10.1 Å². The number of rotatable bonds is 5. The van der Waals surface area contributed by atoms with Crippen molar-refractivity contribution in [3.05, 3.63) is 82.8 Å². The predicted molar refractivity (Wildman–Crippen MR) is 98.4 cm³/mol. The number of anilines is 1. The lowest BCUT2D eigenvalue weighted by Crippen LogP contribution is -2.16. The van der Waals surface area contributed by atoms with Crippen LogP contribution in [0.15, 0.2) is 59.0 Å². The highest BCUT2D eigenvalue weighted by Crippen LogP contribution is 2.34. The first-order chi connectivity index (χ1) is 13.2. The van der Waals surface area contributed by atoms with Gasteiger partial charge in [-0.25, -0.2) is 0 Å². The van der Waals surface area contributed by atoms with Gasteiger partial charge in [-0.1, -0.05) is 24.3 Å². The SMILES string of the molecule is Cc1ccc(C)c(OCc2ccc(C(=O)Nc3ccccc3C(F)(F)F)o2)c1. The molecule has 7 heteroatoms. The third-order valence-electron chi connectivity index (χ3n) is 4.08. The van der Waals surface area contributed by atoms with Gasteiger partial charge in [0.1, 0.15) is 18.1 Å². The number of amides is 1. The molecule has 3 rings (SSSR count). The van der Waals surface area contributed by atoms with Crippen LogP contribution in [0.2, 0.25) is 0 Å². The fraction of sp³-hybridized carbons (Fsp3) is 0.190. The molecule has 1 N–H and O–H groups in total. The van der Waals surface area contributed by atoms with Gasteiger partial charge in [0.15, 0.2) is 5.76 Å². The summed E-state index contributed by atoms with van der Waals surface area (Å²) in [5.74, 6) is 0.211. The molecule has 0 fully saturated rings. The summed E-state index contributed by atoms with van der Waals surface area (Å²) in [7, 11) is 0. The van der Waals surface area contributed by atoms with Gasteiger partial charge >= 0.3 is 6.18 Å². The Kier molecular flexibility index (Phi) is 5.44. The Balaban J connectivity index is 1.69. The van der Waals surface area contributed by atoms with E-state index in [0.29, 0.717) is 11.5 Å². The van der Waals surface area contributed by atoms with Gasteiger partial charge in [0.05, 0.1) is 11.3 Å². The number of halogens is 3. The number of aryl methyl sites for hydroxylation is 2. The summed E-state index contributed by atoms with van der Waals surface area (Å²) in [5.41, 5.74) is 0.750. The van der Waals surface area contributed by atoms with Gasteiger partial charge in [-0.05, 0) is 55.3 Å². The zero-order chi connectivity index (χ0) is 20.3. The maximum absolute atomic E-state index is 13.0. The smallest absolute Gasteiger partial charge is 0.418 e. The van der Waals surface area contributed by atoms with Crippen LogP contribution in [0.25, 0.3) is 0 Å². The van der Waals surface area contributed by atoms with Crippen molar-refractivity contribution in [2.75, 3.05) is 5.32 Å².